The maximum atomic E-state index is 12.4. The summed E-state index contributed by atoms with van der Waals surface area (Å²) < 4.78 is 0. The molecule has 2 aromatic rings. The van der Waals surface area contributed by atoms with Gasteiger partial charge in [0.05, 0.1) is 16.9 Å². The fraction of sp³-hybridized carbons (Fsp3) is 0.350. The third kappa shape index (κ3) is 1.93. The number of amides is 1. The lowest BCUT2D eigenvalue weighted by atomic mass is 9.57. The van der Waals surface area contributed by atoms with Crippen LogP contribution in [0.5, 0.6) is 5.75 Å². The summed E-state index contributed by atoms with van der Waals surface area (Å²) in [5, 5.41) is 51.0. The van der Waals surface area contributed by atoms with E-state index in [2.05, 4.69) is 10.2 Å². The van der Waals surface area contributed by atoms with Crippen LogP contribution in [0.4, 0.5) is 0 Å². The Hall–Kier alpha value is -3.17. The number of carbonyl (C=O) groups excluding carboxylic acids is 2. The second kappa shape index (κ2) is 5.25. The van der Waals surface area contributed by atoms with E-state index in [0.717, 1.165) is 0 Å². The van der Waals surface area contributed by atoms with Gasteiger partial charge in [0.15, 0.2) is 11.4 Å². The van der Waals surface area contributed by atoms with E-state index in [1.165, 1.54) is 6.07 Å². The van der Waals surface area contributed by atoms with Crippen molar-refractivity contribution in [1.82, 2.24) is 10.2 Å². The molecule has 0 saturated carbocycles. The summed E-state index contributed by atoms with van der Waals surface area (Å²) in [5.41, 5.74) is 2.82. The molecule has 3 aliphatic carbocycles. The van der Waals surface area contributed by atoms with Crippen LogP contribution in [0.3, 0.4) is 0 Å². The Morgan fingerprint density at radius 1 is 1.31 bits per heavy atom. The number of aromatic nitrogens is 2. The zero-order valence-electron chi connectivity index (χ0n) is 15.4. The Labute approximate surface area is 164 Å². The predicted molar refractivity (Wildman–Crippen MR) is 98.5 cm³/mol. The second-order valence-corrected chi connectivity index (χ2v) is 8.17. The molecule has 7 N–H and O–H groups in total. The molecule has 0 bridgehead atoms. The average Bonchev–Trinajstić information content (AvgIpc) is 3.07. The number of aromatic hydroxyl groups is 1. The number of aliphatic hydroxyl groups excluding tert-OH is 1. The number of aromatic amines is 1. The molecule has 1 heterocycles. The highest BCUT2D eigenvalue weighted by molar-refractivity contribution is 6.20. The number of hydrogen-bond acceptors (Lipinski definition) is 7. The Balaban J connectivity index is 1.85. The van der Waals surface area contributed by atoms with Crippen molar-refractivity contribution in [3.63, 3.8) is 0 Å². The number of Topliss-reactive ketones (excluding diaryl/α,β-unsaturated/α-hetero) is 1. The molecular weight excluding hydrogens is 378 g/mol. The van der Waals surface area contributed by atoms with Crippen molar-refractivity contribution in [2.24, 2.45) is 11.7 Å². The highest BCUT2D eigenvalue weighted by atomic mass is 16.3. The maximum absolute atomic E-state index is 12.4. The number of aliphatic hydroxyl groups is 3. The number of phenolic OH excluding ortho intramolecular Hbond substituents is 1. The molecule has 5 rings (SSSR count). The summed E-state index contributed by atoms with van der Waals surface area (Å²) in [6, 6.07) is 4.79. The average molecular weight is 397 g/mol. The third-order valence-corrected chi connectivity index (χ3v) is 6.70. The van der Waals surface area contributed by atoms with E-state index >= 15 is 0 Å². The molecule has 1 amide bonds. The van der Waals surface area contributed by atoms with E-state index in [0.29, 0.717) is 22.4 Å². The highest BCUT2D eigenvalue weighted by Crippen LogP contribution is 2.61. The molecule has 0 spiro atoms. The normalized spacial score (nSPS) is 32.4. The number of nitrogens with two attached hydrogens (primary N) is 1. The van der Waals surface area contributed by atoms with Crippen LogP contribution in [0.2, 0.25) is 0 Å². The van der Waals surface area contributed by atoms with Crippen LogP contribution in [0.25, 0.3) is 11.3 Å². The molecule has 0 fully saturated rings. The number of nitrogens with zero attached hydrogens (tertiary/aromatic N) is 1. The zero-order chi connectivity index (χ0) is 20.9. The van der Waals surface area contributed by atoms with Crippen LogP contribution in [-0.2, 0) is 20.8 Å². The van der Waals surface area contributed by atoms with Gasteiger partial charge in [0.25, 0.3) is 5.91 Å². The molecule has 0 radical (unpaired) electrons. The van der Waals surface area contributed by atoms with E-state index in [1.54, 1.807) is 19.1 Å². The fourth-order valence-corrected chi connectivity index (χ4v) is 5.30. The molecule has 4 atom stereocenters. The van der Waals surface area contributed by atoms with Crippen molar-refractivity contribution in [3.8, 4) is 17.0 Å². The van der Waals surface area contributed by atoms with Crippen molar-refractivity contribution in [2.45, 2.75) is 36.9 Å². The van der Waals surface area contributed by atoms with Gasteiger partial charge in [0.1, 0.15) is 22.8 Å². The van der Waals surface area contributed by atoms with Crippen molar-refractivity contribution in [1.29, 1.82) is 0 Å². The fourth-order valence-electron chi connectivity index (χ4n) is 5.30. The van der Waals surface area contributed by atoms with Crippen molar-refractivity contribution in [2.75, 3.05) is 0 Å². The molecule has 29 heavy (non-hydrogen) atoms. The lowest BCUT2D eigenvalue weighted by Gasteiger charge is -2.49. The van der Waals surface area contributed by atoms with Crippen LogP contribution >= 0.6 is 0 Å². The number of carbonyl (C=O) groups is 2. The molecule has 0 aliphatic heterocycles. The van der Waals surface area contributed by atoms with Crippen LogP contribution in [0.15, 0.2) is 29.5 Å². The van der Waals surface area contributed by atoms with E-state index < -0.39 is 46.1 Å². The number of hydrogen-bond donors (Lipinski definition) is 6. The van der Waals surface area contributed by atoms with Crippen LogP contribution in [0, 0.1) is 5.92 Å². The lowest BCUT2D eigenvalue weighted by molar-refractivity contribution is -0.130. The molecular formula is C20H19N3O6. The maximum Gasteiger partial charge on any atom is 0.255 e. The first-order valence-corrected chi connectivity index (χ1v) is 9.23. The van der Waals surface area contributed by atoms with Crippen LogP contribution in [-0.4, -0.2) is 42.3 Å². The first kappa shape index (κ1) is 17.9. The van der Waals surface area contributed by atoms with Crippen molar-refractivity contribution >= 4 is 11.7 Å². The molecule has 150 valence electrons. The Bertz CT molecular complexity index is 1150. The largest absolute Gasteiger partial charge is 0.508 e. The number of nitrogens with one attached hydrogen (secondary N) is 1. The first-order valence-electron chi connectivity index (χ1n) is 9.23. The number of primary amides is 1. The molecule has 9 heteroatoms. The topological polar surface area (TPSA) is 170 Å². The molecule has 3 aliphatic rings. The van der Waals surface area contributed by atoms with Gasteiger partial charge in [0, 0.05) is 23.8 Å². The van der Waals surface area contributed by atoms with E-state index in [-0.39, 0.29) is 24.3 Å². The predicted octanol–water partition coefficient (Wildman–Crippen LogP) is 0.565. The number of fused-ring (bicyclic) bond motifs is 4. The Kier molecular flexibility index (Phi) is 3.24. The summed E-state index contributed by atoms with van der Waals surface area (Å²) in [7, 11) is 0. The molecule has 1 aromatic carbocycles. The lowest BCUT2D eigenvalue weighted by Crippen LogP contribution is -2.51. The van der Waals surface area contributed by atoms with Crippen LogP contribution in [0.1, 0.15) is 42.5 Å². The first-order chi connectivity index (χ1) is 13.6. The minimum Gasteiger partial charge on any atom is -0.508 e. The summed E-state index contributed by atoms with van der Waals surface area (Å²) in [6.45, 7) is 1.61. The third-order valence-electron chi connectivity index (χ3n) is 6.70. The van der Waals surface area contributed by atoms with Crippen molar-refractivity contribution in [3.05, 3.63) is 46.4 Å². The van der Waals surface area contributed by atoms with E-state index in [1.807, 2.05) is 0 Å². The highest BCUT2D eigenvalue weighted by Gasteiger charge is 2.60. The molecule has 0 saturated heterocycles. The number of benzene rings is 1. The Morgan fingerprint density at radius 2 is 2.03 bits per heavy atom. The monoisotopic (exact) mass is 397 g/mol. The van der Waals surface area contributed by atoms with Gasteiger partial charge in [-0.25, -0.2) is 0 Å². The van der Waals surface area contributed by atoms with Crippen LogP contribution < -0.4 is 5.73 Å². The minimum absolute atomic E-state index is 0.0824. The Morgan fingerprint density at radius 3 is 2.72 bits per heavy atom. The number of H-pyrrole nitrogens is 1. The van der Waals surface area contributed by atoms with Gasteiger partial charge in [-0.2, -0.15) is 5.10 Å². The smallest absolute Gasteiger partial charge is 0.255 e. The summed E-state index contributed by atoms with van der Waals surface area (Å²) in [4.78, 5) is 24.1. The van der Waals surface area contributed by atoms with Gasteiger partial charge in [0.2, 0.25) is 0 Å². The number of rotatable bonds is 1. The molecule has 1 aromatic heterocycles. The zero-order valence-corrected chi connectivity index (χ0v) is 15.4. The van der Waals surface area contributed by atoms with E-state index in [9.17, 15) is 30.0 Å². The van der Waals surface area contributed by atoms with Gasteiger partial charge >= 0.3 is 0 Å². The van der Waals surface area contributed by atoms with E-state index in [4.69, 9.17) is 5.73 Å². The summed E-state index contributed by atoms with van der Waals surface area (Å²) in [6.07, 6.45) is -0.0634. The summed E-state index contributed by atoms with van der Waals surface area (Å²) >= 11 is 0. The molecule has 0 unspecified atom stereocenters. The SMILES string of the molecule is C[C@@]1(O)c2cccc(O)c2-c2n[nH]c3c2[C@@H]1C[C@H]1CC(=O)C(C(N)=O)=C(O)[C@@]31O. The summed E-state index contributed by atoms with van der Waals surface area (Å²) in [5.74, 6) is -4.01. The van der Waals surface area contributed by atoms with Gasteiger partial charge in [-0.1, -0.05) is 12.1 Å². The second-order valence-electron chi connectivity index (χ2n) is 8.17. The van der Waals surface area contributed by atoms with Gasteiger partial charge in [-0.15, -0.1) is 0 Å². The molecule has 9 nitrogen and oxygen atoms in total. The van der Waals surface area contributed by atoms with Crippen molar-refractivity contribution < 1.29 is 30.0 Å². The number of ketones is 1. The minimum atomic E-state index is -2.08. The van der Waals surface area contributed by atoms with Gasteiger partial charge in [-0.3, -0.25) is 14.7 Å². The van der Waals surface area contributed by atoms with Gasteiger partial charge in [-0.05, 0) is 25.0 Å². The van der Waals surface area contributed by atoms with Gasteiger partial charge < -0.3 is 26.2 Å². The quantitative estimate of drug-likeness (QED) is 0.382. The number of phenols is 1. The standard InChI is InChI=1S/C20H19N3O6/c1-19(28)8-3-2-4-10(24)12(8)15-13-9(19)5-7-6-11(25)14(18(21)27)17(26)20(7,29)16(13)23-22-15/h2-4,7,9,24,26,28-29H,5-6H2,1H3,(H2,21,27)(H,22,23)/t7-,9-,19+,20-/m0/s1.